The zero-order valence-electron chi connectivity index (χ0n) is 7.86. The Bertz CT molecular complexity index is 132. The smallest absolute Gasteiger partial charge is 0.373 e. The molecule has 0 aromatic carbocycles. The summed E-state index contributed by atoms with van der Waals surface area (Å²) in [7, 11) is 0. The van der Waals surface area contributed by atoms with Gasteiger partial charge in [0.05, 0.1) is 0 Å². The molecule has 0 spiro atoms. The molecule has 1 nitrogen and oxygen atoms in total. The molecule has 0 aromatic heterocycles. The van der Waals surface area contributed by atoms with Crippen LogP contribution in [-0.4, -0.2) is 11.2 Å². The molecule has 0 saturated heterocycles. The molecular formula is C8H13F3ORf-2. The van der Waals surface area contributed by atoms with Gasteiger partial charge in [0.25, 0.3) is 0 Å². The predicted octanol–water partition coefficient (Wildman–Crippen LogP) is 2.72. The molecule has 0 heterocycles. The van der Waals surface area contributed by atoms with E-state index < -0.39 is 11.9 Å². The minimum atomic E-state index is -4.47. The number of halogens is 3. The molecule has 0 radical (unpaired) electrons. The quantitative estimate of drug-likeness (QED) is 0.644. The summed E-state index contributed by atoms with van der Waals surface area (Å²) >= 11 is 0. The summed E-state index contributed by atoms with van der Waals surface area (Å²) in [5.74, 6) is -1.65. The number of rotatable bonds is 2. The van der Waals surface area contributed by atoms with Crippen molar-refractivity contribution in [1.29, 1.82) is 0 Å². The molecule has 1 unspecified atom stereocenters. The van der Waals surface area contributed by atoms with E-state index in [1.54, 1.807) is 0 Å². The first-order chi connectivity index (χ1) is 5.21. The summed E-state index contributed by atoms with van der Waals surface area (Å²) in [4.78, 5) is 0. The van der Waals surface area contributed by atoms with Crippen molar-refractivity contribution in [2.24, 2.45) is 5.92 Å². The second-order valence-corrected chi connectivity index (χ2v) is 2.40. The molecule has 5 heteroatoms. The molecule has 0 aliphatic rings. The van der Waals surface area contributed by atoms with Crippen LogP contribution in [0.1, 0.15) is 20.3 Å². The number of hydrogen-bond donors (Lipinski definition) is 1. The van der Waals surface area contributed by atoms with Crippen molar-refractivity contribution in [3.63, 3.8) is 0 Å². The molecule has 0 aliphatic heterocycles. The van der Waals surface area contributed by atoms with Crippen molar-refractivity contribution < 1.29 is 18.3 Å². The van der Waals surface area contributed by atoms with Crippen LogP contribution in [0.25, 0.3) is 0 Å². The third kappa shape index (κ3) is 18.0. The van der Waals surface area contributed by atoms with Gasteiger partial charge in [0.2, 0.25) is 0 Å². The van der Waals surface area contributed by atoms with E-state index >= 15 is 0 Å². The van der Waals surface area contributed by atoms with Gasteiger partial charge in [-0.15, -0.1) is 0 Å². The Morgan fingerprint density at radius 1 is 1.62 bits per heavy atom. The first kappa shape index (κ1) is 17.5. The maximum absolute atomic E-state index is 10.9. The molecule has 0 amide bonds. The van der Waals surface area contributed by atoms with Crippen molar-refractivity contribution in [2.45, 2.75) is 26.4 Å². The maximum atomic E-state index is 10.9. The van der Waals surface area contributed by atoms with E-state index in [2.05, 4.69) is 27.4 Å². The minimum Gasteiger partial charge on any atom is -0.471 e. The first-order valence-electron chi connectivity index (χ1n) is 3.43. The summed E-state index contributed by atoms with van der Waals surface area (Å²) in [6.07, 6.45) is -3.28. The largest absolute Gasteiger partial charge is 0.471 e. The van der Waals surface area contributed by atoms with Gasteiger partial charge in [-0.2, -0.15) is 14.7 Å². The van der Waals surface area contributed by atoms with Gasteiger partial charge in [0.1, 0.15) is 0 Å². The molecule has 1 N–H and O–H groups in total. The standard InChI is InChI=1S/C5H11.C3H2F3O.Rf/c1-4-5(2)3;1-2(4)3(5,6)7;/h5H,2,4H2,1,3H3;1,7H;/q2*-1;. The van der Waals surface area contributed by atoms with Crippen molar-refractivity contribution in [1.82, 2.24) is 0 Å². The van der Waals surface area contributed by atoms with Crippen LogP contribution >= 0.6 is 0 Å². The van der Waals surface area contributed by atoms with Gasteiger partial charge in [-0.25, -0.2) is 4.39 Å². The van der Waals surface area contributed by atoms with Crippen LogP contribution < -0.4 is 0 Å². The summed E-state index contributed by atoms with van der Waals surface area (Å²) < 4.78 is 32.6. The van der Waals surface area contributed by atoms with Crippen LogP contribution in [0, 0.1) is 19.4 Å². The van der Waals surface area contributed by atoms with Crippen molar-refractivity contribution >= 4 is 0 Å². The summed E-state index contributed by atoms with van der Waals surface area (Å²) in [6, 6.07) is 0. The zero-order valence-corrected chi connectivity index (χ0v) is 14.3. The SMILES string of the molecule is [CH-]=C(F)C(O)(F)F.[CH2-]C(C)CC.[Rf]. The van der Waals surface area contributed by atoms with E-state index in [0.29, 0.717) is 5.92 Å². The average Bonchev–Trinajstić information content (AvgIpc) is 1.87. The molecule has 0 aromatic rings. The molecule has 0 rings (SSSR count). The molecule has 0 aliphatic carbocycles. The Kier molecular flexibility index (Phi) is 9.66. The third-order valence-corrected chi connectivity index (χ3v) is 0.984. The Hall–Kier alpha value is -1.51. The van der Waals surface area contributed by atoms with Crippen LogP contribution in [0.5, 0.6) is 0 Å². The van der Waals surface area contributed by atoms with E-state index in [1.807, 2.05) is 0 Å². The second kappa shape index (κ2) is 7.16. The fraction of sp³-hybridized carbons (Fsp3) is 0.625. The second-order valence-electron chi connectivity index (χ2n) is 2.40. The monoisotopic (exact) mass is 449 g/mol. The van der Waals surface area contributed by atoms with Gasteiger partial charge in [0, 0.05) is 5.83 Å². The Morgan fingerprint density at radius 2 is 1.77 bits per heavy atom. The van der Waals surface area contributed by atoms with E-state index in [4.69, 9.17) is 5.11 Å². The molecule has 0 saturated carbocycles. The van der Waals surface area contributed by atoms with E-state index in [-0.39, 0.29) is 0 Å². The fourth-order valence-electron chi connectivity index (χ4n) is 0. The zero-order chi connectivity index (χ0) is 10.4. The van der Waals surface area contributed by atoms with E-state index in [9.17, 15) is 13.2 Å². The van der Waals surface area contributed by atoms with Crippen molar-refractivity contribution in [3.05, 3.63) is 19.3 Å². The van der Waals surface area contributed by atoms with Crippen LogP contribution in [0.2, 0.25) is 0 Å². The summed E-state index contributed by atoms with van der Waals surface area (Å²) in [6.45, 7) is 11.8. The van der Waals surface area contributed by atoms with Gasteiger partial charge in [-0.05, 0) is 0 Å². The predicted molar refractivity (Wildman–Crippen MR) is 40.9 cm³/mol. The van der Waals surface area contributed by atoms with Gasteiger partial charge in [-0.3, -0.25) is 0 Å². The molecule has 76 valence electrons. The molecule has 0 fully saturated rings. The topological polar surface area (TPSA) is 20.2 Å². The number of aliphatic hydroxyl groups is 1. The fourth-order valence-corrected chi connectivity index (χ4v) is 0. The van der Waals surface area contributed by atoms with Crippen LogP contribution in [-0.2, 0) is 0 Å². The number of alkyl halides is 2. The Balaban J connectivity index is -0.000000150. The van der Waals surface area contributed by atoms with E-state index in [1.165, 1.54) is 6.42 Å². The Labute approximate surface area is 70.9 Å². The third-order valence-electron chi connectivity index (χ3n) is 0.984. The number of hydrogen-bond acceptors (Lipinski definition) is 1. The van der Waals surface area contributed by atoms with Gasteiger partial charge < -0.3 is 18.6 Å². The first-order valence-corrected chi connectivity index (χ1v) is 3.43. The van der Waals surface area contributed by atoms with E-state index in [0.717, 1.165) is 0 Å². The van der Waals surface area contributed by atoms with Crippen molar-refractivity contribution in [2.75, 3.05) is 0 Å². The van der Waals surface area contributed by atoms with Gasteiger partial charge >= 0.3 is 6.11 Å². The van der Waals surface area contributed by atoms with Crippen LogP contribution in [0.4, 0.5) is 13.2 Å². The van der Waals surface area contributed by atoms with Crippen molar-refractivity contribution in [3.8, 4) is 0 Å². The molecule has 0 bridgehead atoms. The molecular weight excluding hydrogens is 436 g/mol. The van der Waals surface area contributed by atoms with Crippen LogP contribution in [0.15, 0.2) is 5.83 Å². The Morgan fingerprint density at radius 3 is 1.77 bits per heavy atom. The van der Waals surface area contributed by atoms with Gasteiger partial charge in [0.15, 0.2) is 0 Å². The van der Waals surface area contributed by atoms with Crippen LogP contribution in [0.3, 0.4) is 0 Å². The van der Waals surface area contributed by atoms with Gasteiger partial charge in [-0.1, -0.05) is 20.3 Å². The minimum absolute atomic E-state index is 0. The normalized spacial score (nSPS) is 11.9. The summed E-state index contributed by atoms with van der Waals surface area (Å²) in [5, 5.41) is 7.22. The average molecular weight is 449 g/mol. The molecule has 1 atom stereocenters. The molecule has 13 heavy (non-hydrogen) atoms. The summed E-state index contributed by atoms with van der Waals surface area (Å²) in [5.41, 5.74) is 0. The maximum Gasteiger partial charge on any atom is 0.373 e.